The van der Waals surface area contributed by atoms with Crippen molar-refractivity contribution in [3.8, 4) is 0 Å². The molecule has 0 aromatic heterocycles. The second-order valence-corrected chi connectivity index (χ2v) is 15.1. The number of hydrogen-bond donors (Lipinski definition) is 1. The van der Waals surface area contributed by atoms with Crippen molar-refractivity contribution < 1.29 is 19.1 Å². The monoisotopic (exact) mass is 260 g/mol. The predicted octanol–water partition coefficient (Wildman–Crippen LogP) is 2.25. The average Bonchev–Trinajstić information content (AvgIpc) is 1.93. The van der Waals surface area contributed by atoms with Gasteiger partial charge in [-0.25, -0.2) is 9.59 Å². The van der Waals surface area contributed by atoms with Crippen LogP contribution in [0.2, 0.25) is 39.3 Å². The fourth-order valence-electron chi connectivity index (χ4n) is 1.05. The molecule has 0 rings (SSSR count). The number of carboxylic acids is 1. The van der Waals surface area contributed by atoms with Crippen LogP contribution in [0.5, 0.6) is 0 Å². The van der Waals surface area contributed by atoms with Gasteiger partial charge in [0.2, 0.25) is 8.32 Å². The zero-order valence-electron chi connectivity index (χ0n) is 10.7. The summed E-state index contributed by atoms with van der Waals surface area (Å²) in [5.74, 6) is -1.55. The van der Waals surface area contributed by atoms with E-state index in [0.717, 1.165) is 6.08 Å². The van der Waals surface area contributed by atoms with Crippen molar-refractivity contribution in [3.63, 3.8) is 0 Å². The smallest absolute Gasteiger partial charge is 0.327 e. The van der Waals surface area contributed by atoms with Gasteiger partial charge in [0.05, 0.1) is 8.07 Å². The van der Waals surface area contributed by atoms with E-state index in [1.165, 1.54) is 0 Å². The quantitative estimate of drug-likeness (QED) is 0.622. The highest BCUT2D eigenvalue weighted by atomic mass is 28.4. The lowest BCUT2D eigenvalue weighted by Gasteiger charge is -2.19. The van der Waals surface area contributed by atoms with Gasteiger partial charge >= 0.3 is 11.9 Å². The SMILES string of the molecule is C[Si](C)(C)OC(=O)C=C(C(=O)O)[Si](C)(C)C. The Kier molecular flexibility index (Phi) is 4.69. The van der Waals surface area contributed by atoms with E-state index < -0.39 is 28.3 Å². The molecular weight excluding hydrogens is 240 g/mol. The van der Waals surface area contributed by atoms with Crippen LogP contribution in [0.4, 0.5) is 0 Å². The molecule has 0 saturated heterocycles. The van der Waals surface area contributed by atoms with E-state index in [1.807, 2.05) is 39.3 Å². The molecular formula is C10H20O4Si2. The molecule has 0 atom stereocenters. The first-order chi connectivity index (χ1) is 6.93. The first-order valence-electron chi connectivity index (χ1n) is 5.12. The number of carboxylic acid groups (broad SMARTS) is 1. The Morgan fingerprint density at radius 1 is 1.06 bits per heavy atom. The number of carbonyl (C=O) groups excluding carboxylic acids is 1. The maximum atomic E-state index is 11.5. The normalized spacial score (nSPS) is 13.5. The van der Waals surface area contributed by atoms with E-state index >= 15 is 0 Å². The third-order valence-electron chi connectivity index (χ3n) is 1.71. The van der Waals surface area contributed by atoms with Gasteiger partial charge in [0, 0.05) is 11.3 Å². The lowest BCUT2D eigenvalue weighted by molar-refractivity contribution is -0.133. The van der Waals surface area contributed by atoms with E-state index in [2.05, 4.69) is 0 Å². The topological polar surface area (TPSA) is 63.6 Å². The van der Waals surface area contributed by atoms with Crippen LogP contribution in [-0.2, 0) is 14.0 Å². The molecule has 6 heteroatoms. The zero-order chi connectivity index (χ0) is 13.1. The van der Waals surface area contributed by atoms with Gasteiger partial charge in [-0.2, -0.15) is 0 Å². The highest BCUT2D eigenvalue weighted by Gasteiger charge is 2.28. The van der Waals surface area contributed by atoms with Gasteiger partial charge in [-0.1, -0.05) is 19.6 Å². The van der Waals surface area contributed by atoms with Gasteiger partial charge in [-0.05, 0) is 19.6 Å². The maximum Gasteiger partial charge on any atom is 0.327 e. The summed E-state index contributed by atoms with van der Waals surface area (Å²) < 4.78 is 5.20. The first-order valence-corrected chi connectivity index (χ1v) is 12.0. The van der Waals surface area contributed by atoms with E-state index in [1.54, 1.807) is 0 Å². The lowest BCUT2D eigenvalue weighted by Crippen LogP contribution is -2.33. The van der Waals surface area contributed by atoms with Crippen LogP contribution < -0.4 is 0 Å². The van der Waals surface area contributed by atoms with Gasteiger partial charge < -0.3 is 9.53 Å². The van der Waals surface area contributed by atoms with Crippen LogP contribution in [0.15, 0.2) is 11.3 Å². The van der Waals surface area contributed by atoms with Crippen LogP contribution >= 0.6 is 0 Å². The molecule has 0 aliphatic carbocycles. The van der Waals surface area contributed by atoms with Crippen molar-refractivity contribution in [2.24, 2.45) is 0 Å². The van der Waals surface area contributed by atoms with Gasteiger partial charge in [0.25, 0.3) is 0 Å². The Morgan fingerprint density at radius 3 is 1.75 bits per heavy atom. The van der Waals surface area contributed by atoms with E-state index in [9.17, 15) is 9.59 Å². The molecule has 0 heterocycles. The fourth-order valence-corrected chi connectivity index (χ4v) is 2.90. The summed E-state index contributed by atoms with van der Waals surface area (Å²) in [4.78, 5) is 22.5. The van der Waals surface area contributed by atoms with Crippen molar-refractivity contribution in [2.75, 3.05) is 0 Å². The average molecular weight is 260 g/mol. The van der Waals surface area contributed by atoms with Crippen molar-refractivity contribution in [3.05, 3.63) is 11.3 Å². The van der Waals surface area contributed by atoms with Gasteiger partial charge in [0.15, 0.2) is 0 Å². The minimum absolute atomic E-state index is 0.204. The molecule has 0 aliphatic heterocycles. The van der Waals surface area contributed by atoms with Crippen LogP contribution in [0.1, 0.15) is 0 Å². The molecule has 16 heavy (non-hydrogen) atoms. The third-order valence-corrected chi connectivity index (χ3v) is 4.50. The summed E-state index contributed by atoms with van der Waals surface area (Å²) >= 11 is 0. The Balaban J connectivity index is 4.97. The minimum atomic E-state index is -2.01. The van der Waals surface area contributed by atoms with Crippen LogP contribution in [0.3, 0.4) is 0 Å². The van der Waals surface area contributed by atoms with Crippen molar-refractivity contribution >= 4 is 28.3 Å². The number of carbonyl (C=O) groups is 2. The maximum absolute atomic E-state index is 11.5. The molecule has 0 amide bonds. The molecule has 1 N–H and O–H groups in total. The third kappa shape index (κ3) is 5.87. The summed E-state index contributed by atoms with van der Waals surface area (Å²) in [6.45, 7) is 11.3. The number of aliphatic carboxylic acids is 1. The molecule has 0 aliphatic rings. The van der Waals surface area contributed by atoms with Gasteiger partial charge in [-0.3, -0.25) is 0 Å². The number of hydrogen-bond acceptors (Lipinski definition) is 3. The van der Waals surface area contributed by atoms with Crippen molar-refractivity contribution in [2.45, 2.75) is 39.3 Å². The van der Waals surface area contributed by atoms with Crippen LogP contribution in [0, 0.1) is 0 Å². The fraction of sp³-hybridized carbons (Fsp3) is 0.600. The van der Waals surface area contributed by atoms with Gasteiger partial charge in [-0.15, -0.1) is 0 Å². The van der Waals surface area contributed by atoms with Crippen LogP contribution in [-0.4, -0.2) is 33.4 Å². The molecule has 0 bridgehead atoms. The lowest BCUT2D eigenvalue weighted by atomic mass is 10.5. The second kappa shape index (κ2) is 4.96. The highest BCUT2D eigenvalue weighted by molar-refractivity contribution is 6.87. The summed E-state index contributed by atoms with van der Waals surface area (Å²) in [7, 11) is -3.96. The molecule has 0 radical (unpaired) electrons. The van der Waals surface area contributed by atoms with E-state index in [0.29, 0.717) is 0 Å². The Morgan fingerprint density at radius 2 is 1.50 bits per heavy atom. The summed E-state index contributed by atoms with van der Waals surface area (Å²) in [6.07, 6.45) is 1.15. The van der Waals surface area contributed by atoms with Crippen molar-refractivity contribution in [1.29, 1.82) is 0 Å². The largest absolute Gasteiger partial charge is 0.517 e. The molecule has 4 nitrogen and oxygen atoms in total. The minimum Gasteiger partial charge on any atom is -0.517 e. The second-order valence-electron chi connectivity index (χ2n) is 5.65. The highest BCUT2D eigenvalue weighted by Crippen LogP contribution is 2.15. The molecule has 0 aromatic rings. The number of rotatable bonds is 4. The predicted molar refractivity (Wildman–Crippen MR) is 68.5 cm³/mol. The van der Waals surface area contributed by atoms with E-state index in [4.69, 9.17) is 9.53 Å². The molecule has 0 spiro atoms. The molecule has 92 valence electrons. The molecule has 0 saturated carbocycles. The van der Waals surface area contributed by atoms with E-state index in [-0.39, 0.29) is 5.20 Å². The van der Waals surface area contributed by atoms with Gasteiger partial charge in [0.1, 0.15) is 0 Å². The zero-order valence-corrected chi connectivity index (χ0v) is 12.7. The van der Waals surface area contributed by atoms with Crippen LogP contribution in [0.25, 0.3) is 0 Å². The Bertz CT molecular complexity index is 321. The molecule has 0 aromatic carbocycles. The standard InChI is InChI=1S/C10H20O4Si2/c1-15(2,3)8(10(12)13)7-9(11)14-16(4,5)6/h7H,1-6H3,(H,12,13). The summed E-state index contributed by atoms with van der Waals surface area (Å²) in [6, 6.07) is 0. The Labute approximate surface area is 98.5 Å². The van der Waals surface area contributed by atoms with Crippen molar-refractivity contribution in [1.82, 2.24) is 0 Å². The summed E-state index contributed by atoms with van der Waals surface area (Å²) in [5, 5.41) is 9.23. The summed E-state index contributed by atoms with van der Waals surface area (Å²) in [5.41, 5.74) is 0. The molecule has 0 fully saturated rings. The molecule has 0 unspecified atom stereocenters. The Hall–Kier alpha value is -0.886. The first kappa shape index (κ1) is 15.1.